The molecular weight excluding hydrogens is 330 g/mol. The Hall–Kier alpha value is -1.11. The van der Waals surface area contributed by atoms with Crippen LogP contribution in [0.3, 0.4) is 0 Å². The van der Waals surface area contributed by atoms with Crippen LogP contribution in [-0.4, -0.2) is 46.5 Å². The van der Waals surface area contributed by atoms with Gasteiger partial charge in [0.1, 0.15) is 11.6 Å². The van der Waals surface area contributed by atoms with Crippen molar-refractivity contribution in [2.75, 3.05) is 13.4 Å². The molecule has 0 fully saturated rings. The van der Waals surface area contributed by atoms with Crippen LogP contribution in [0.4, 0.5) is 4.79 Å². The lowest BCUT2D eigenvalue weighted by atomic mass is 9.89. The Kier molecular flexibility index (Phi) is 10.2. The highest BCUT2D eigenvalue weighted by atomic mass is 32.2. The molecule has 0 rings (SSSR count). The van der Waals surface area contributed by atoms with Gasteiger partial charge < -0.3 is 14.8 Å². The zero-order chi connectivity index (χ0) is 18.9. The molecule has 0 saturated heterocycles. The number of carbonyl (C=O) groups is 2. The lowest BCUT2D eigenvalue weighted by Gasteiger charge is -2.28. The molecule has 0 radical (unpaired) electrons. The molecule has 6 nitrogen and oxygen atoms in total. The smallest absolute Gasteiger partial charge is 0.408 e. The minimum atomic E-state index is -0.909. The van der Waals surface area contributed by atoms with E-state index in [1.165, 1.54) is 7.11 Å². The highest BCUT2D eigenvalue weighted by Gasteiger charge is 2.32. The molecule has 0 aliphatic carbocycles. The van der Waals surface area contributed by atoms with Gasteiger partial charge in [0.05, 0.1) is 7.11 Å². The first-order chi connectivity index (χ1) is 11.0. The molecule has 0 aromatic carbocycles. The molecule has 0 bridgehead atoms. The molecule has 142 valence electrons. The maximum Gasteiger partial charge on any atom is 0.408 e. The molecule has 7 heteroatoms. The largest absolute Gasteiger partial charge is 0.467 e. The fraction of sp³-hybridized carbons (Fsp3) is 0.882. The molecule has 0 aromatic rings. The van der Waals surface area contributed by atoms with Crippen LogP contribution in [0.2, 0.25) is 0 Å². The molecule has 1 N–H and O–H groups in total. The molecular formula is C17H33NO5S. The van der Waals surface area contributed by atoms with Crippen LogP contribution in [0.15, 0.2) is 0 Å². The third kappa shape index (κ3) is 9.25. The third-order valence-electron chi connectivity index (χ3n) is 3.77. The van der Waals surface area contributed by atoms with E-state index in [1.807, 2.05) is 13.8 Å². The molecule has 4 atom stereocenters. The highest BCUT2D eigenvalue weighted by molar-refractivity contribution is 7.84. The Morgan fingerprint density at radius 3 is 2.17 bits per heavy atom. The van der Waals surface area contributed by atoms with Crippen LogP contribution < -0.4 is 5.32 Å². The summed E-state index contributed by atoms with van der Waals surface area (Å²) in [6.45, 7) is 9.24. The number of methoxy groups -OCH3 is 1. The maximum absolute atomic E-state index is 12.2. The second-order valence-corrected chi connectivity index (χ2v) is 8.88. The summed E-state index contributed by atoms with van der Waals surface area (Å²) in [7, 11) is 0.396. The van der Waals surface area contributed by atoms with Crippen molar-refractivity contribution in [1.82, 2.24) is 5.32 Å². The van der Waals surface area contributed by atoms with Gasteiger partial charge in [-0.1, -0.05) is 20.3 Å². The van der Waals surface area contributed by atoms with E-state index in [9.17, 15) is 13.8 Å². The topological polar surface area (TPSA) is 81.7 Å². The van der Waals surface area contributed by atoms with Gasteiger partial charge in [-0.2, -0.15) is 0 Å². The van der Waals surface area contributed by atoms with Gasteiger partial charge in [0.15, 0.2) is 0 Å². The van der Waals surface area contributed by atoms with Crippen molar-refractivity contribution < 1.29 is 23.3 Å². The van der Waals surface area contributed by atoms with Crippen LogP contribution in [0, 0.1) is 5.92 Å². The van der Waals surface area contributed by atoms with E-state index < -0.39 is 34.5 Å². The summed E-state index contributed by atoms with van der Waals surface area (Å²) in [5.74, 6) is -0.564. The minimum Gasteiger partial charge on any atom is -0.467 e. The number of carbonyl (C=O) groups excluding carboxylic acids is 2. The van der Waals surface area contributed by atoms with Crippen molar-refractivity contribution in [2.24, 2.45) is 5.92 Å². The summed E-state index contributed by atoms with van der Waals surface area (Å²) < 4.78 is 21.6. The summed E-state index contributed by atoms with van der Waals surface area (Å²) >= 11 is 0. The van der Waals surface area contributed by atoms with Crippen LogP contribution in [-0.2, 0) is 25.1 Å². The number of hydrogen-bond acceptors (Lipinski definition) is 5. The van der Waals surface area contributed by atoms with Gasteiger partial charge in [-0.25, -0.2) is 9.59 Å². The molecule has 1 amide bonds. The molecule has 0 spiro atoms. The zero-order valence-corrected chi connectivity index (χ0v) is 16.8. The van der Waals surface area contributed by atoms with E-state index >= 15 is 0 Å². The van der Waals surface area contributed by atoms with Crippen molar-refractivity contribution in [3.63, 3.8) is 0 Å². The summed E-state index contributed by atoms with van der Waals surface area (Å²) in [6.07, 6.45) is 4.08. The number of amides is 1. The number of esters is 1. The first kappa shape index (κ1) is 22.9. The fourth-order valence-corrected chi connectivity index (χ4v) is 2.86. The molecule has 0 aromatic heterocycles. The van der Waals surface area contributed by atoms with Crippen LogP contribution in [0.5, 0.6) is 0 Å². The number of nitrogens with one attached hydrogen (secondary N) is 1. The van der Waals surface area contributed by atoms with Crippen LogP contribution in [0.1, 0.15) is 60.3 Å². The number of hydrogen-bond donors (Lipinski definition) is 1. The van der Waals surface area contributed by atoms with E-state index in [0.29, 0.717) is 6.42 Å². The van der Waals surface area contributed by atoms with Crippen molar-refractivity contribution >= 4 is 22.9 Å². The van der Waals surface area contributed by atoms with Gasteiger partial charge in [-0.3, -0.25) is 4.21 Å². The average molecular weight is 364 g/mol. The van der Waals surface area contributed by atoms with E-state index in [4.69, 9.17) is 9.47 Å². The predicted octanol–water partition coefficient (Wildman–Crippen LogP) is 3.02. The summed E-state index contributed by atoms with van der Waals surface area (Å²) in [4.78, 5) is 24.2. The van der Waals surface area contributed by atoms with Gasteiger partial charge in [0.2, 0.25) is 0 Å². The average Bonchev–Trinajstić information content (AvgIpc) is 2.46. The quantitative estimate of drug-likeness (QED) is 0.637. The monoisotopic (exact) mass is 363 g/mol. The van der Waals surface area contributed by atoms with E-state index in [0.717, 1.165) is 19.3 Å². The van der Waals surface area contributed by atoms with Crippen molar-refractivity contribution in [3.8, 4) is 0 Å². The normalized spacial score (nSPS) is 16.6. The number of rotatable bonds is 9. The first-order valence-electron chi connectivity index (χ1n) is 8.41. The second kappa shape index (κ2) is 10.7. The second-order valence-electron chi connectivity index (χ2n) is 7.08. The lowest BCUT2D eigenvalue weighted by Crippen LogP contribution is -2.48. The Bertz CT molecular complexity index is 433. The summed E-state index contributed by atoms with van der Waals surface area (Å²) in [5.41, 5.74) is -0.640. The van der Waals surface area contributed by atoms with Gasteiger partial charge in [0, 0.05) is 22.3 Å². The van der Waals surface area contributed by atoms with Crippen molar-refractivity contribution in [2.45, 2.75) is 77.2 Å². The Morgan fingerprint density at radius 2 is 1.75 bits per heavy atom. The van der Waals surface area contributed by atoms with Crippen LogP contribution in [0.25, 0.3) is 0 Å². The van der Waals surface area contributed by atoms with Crippen molar-refractivity contribution in [1.29, 1.82) is 0 Å². The standard InChI is InChI=1S/C17H33NO5S/c1-8-9-13(11-10-12(2)24(7)21)14(15(19)22-6)18-16(20)23-17(3,4)5/h12-14H,8-11H2,1-7H3,(H,18,20). The van der Waals surface area contributed by atoms with E-state index in [2.05, 4.69) is 5.32 Å². The molecule has 0 aliphatic heterocycles. The van der Waals surface area contributed by atoms with Gasteiger partial charge in [-0.05, 0) is 46.0 Å². The number of ether oxygens (including phenoxy) is 2. The highest BCUT2D eigenvalue weighted by Crippen LogP contribution is 2.22. The molecule has 0 saturated carbocycles. The first-order valence-corrected chi connectivity index (χ1v) is 10.0. The van der Waals surface area contributed by atoms with Gasteiger partial charge >= 0.3 is 12.1 Å². The third-order valence-corrected chi connectivity index (χ3v) is 5.14. The zero-order valence-electron chi connectivity index (χ0n) is 16.0. The molecule has 0 heterocycles. The fourth-order valence-electron chi connectivity index (χ4n) is 2.39. The molecule has 0 aliphatic rings. The van der Waals surface area contributed by atoms with Crippen molar-refractivity contribution in [3.05, 3.63) is 0 Å². The molecule has 4 unspecified atom stereocenters. The lowest BCUT2D eigenvalue weighted by molar-refractivity contribution is -0.144. The van der Waals surface area contributed by atoms with Gasteiger partial charge in [-0.15, -0.1) is 0 Å². The SMILES string of the molecule is CCCC(CCC(C)S(C)=O)C(NC(=O)OC(C)(C)C)C(=O)OC. The number of alkyl carbamates (subject to hydrolysis) is 1. The Balaban J connectivity index is 5.07. The summed E-state index contributed by atoms with van der Waals surface area (Å²) in [6, 6.07) is -0.762. The van der Waals surface area contributed by atoms with E-state index in [1.54, 1.807) is 27.0 Å². The molecule has 24 heavy (non-hydrogen) atoms. The van der Waals surface area contributed by atoms with E-state index in [-0.39, 0.29) is 11.2 Å². The summed E-state index contributed by atoms with van der Waals surface area (Å²) in [5, 5.41) is 2.70. The predicted molar refractivity (Wildman–Crippen MR) is 96.3 cm³/mol. The minimum absolute atomic E-state index is 0.0455. The Labute approximate surface area is 148 Å². The Morgan fingerprint density at radius 1 is 1.17 bits per heavy atom. The van der Waals surface area contributed by atoms with Crippen LogP contribution >= 0.6 is 0 Å². The maximum atomic E-state index is 12.2. The van der Waals surface area contributed by atoms with Gasteiger partial charge in [0.25, 0.3) is 0 Å².